The molecule has 0 aliphatic carbocycles. The number of rotatable bonds is 5. The molecule has 0 spiro atoms. The van der Waals surface area contributed by atoms with Gasteiger partial charge in [0.05, 0.1) is 22.2 Å². The van der Waals surface area contributed by atoms with Gasteiger partial charge in [-0.05, 0) is 30.3 Å². The molecular weight excluding hydrogens is 329 g/mol. The van der Waals surface area contributed by atoms with Crippen LogP contribution >= 0.6 is 23.2 Å². The summed E-state index contributed by atoms with van der Waals surface area (Å²) in [4.78, 5) is 21.9. The van der Waals surface area contributed by atoms with E-state index < -0.39 is 4.92 Å². The topological polar surface area (TPSA) is 84.3 Å². The van der Waals surface area contributed by atoms with Crippen LogP contribution in [-0.2, 0) is 4.79 Å². The van der Waals surface area contributed by atoms with E-state index in [-0.39, 0.29) is 18.1 Å². The maximum Gasteiger partial charge on any atom is 0.269 e. The molecule has 0 saturated carbocycles. The lowest BCUT2D eigenvalue weighted by atomic mass is 10.3. The molecule has 2 aromatic rings. The van der Waals surface area contributed by atoms with Crippen LogP contribution in [0.3, 0.4) is 0 Å². The molecule has 2 rings (SSSR count). The van der Waals surface area contributed by atoms with E-state index in [4.69, 9.17) is 23.2 Å². The Morgan fingerprint density at radius 2 is 1.82 bits per heavy atom. The number of carbonyl (C=O) groups excluding carboxylic acids is 1. The van der Waals surface area contributed by atoms with Crippen molar-refractivity contribution in [1.82, 2.24) is 0 Å². The summed E-state index contributed by atoms with van der Waals surface area (Å²) in [6.07, 6.45) is 0. The summed E-state index contributed by atoms with van der Waals surface area (Å²) in [6.45, 7) is -0.0132. The van der Waals surface area contributed by atoms with Crippen molar-refractivity contribution in [1.29, 1.82) is 0 Å². The molecule has 0 aromatic heterocycles. The van der Waals surface area contributed by atoms with E-state index in [9.17, 15) is 14.9 Å². The number of nitrogens with one attached hydrogen (secondary N) is 2. The minimum absolute atomic E-state index is 0.0132. The maximum atomic E-state index is 11.8. The number of benzene rings is 2. The van der Waals surface area contributed by atoms with Crippen LogP contribution in [-0.4, -0.2) is 17.4 Å². The second-order valence-corrected chi connectivity index (χ2v) is 5.17. The first-order chi connectivity index (χ1) is 10.5. The van der Waals surface area contributed by atoms with E-state index in [1.807, 2.05) is 0 Å². The molecule has 8 heteroatoms. The Labute approximate surface area is 136 Å². The molecule has 0 fully saturated rings. The van der Waals surface area contributed by atoms with Crippen molar-refractivity contribution in [3.63, 3.8) is 0 Å². The Morgan fingerprint density at radius 1 is 1.14 bits per heavy atom. The van der Waals surface area contributed by atoms with Gasteiger partial charge in [0.25, 0.3) is 5.69 Å². The minimum Gasteiger partial charge on any atom is -0.376 e. The quantitative estimate of drug-likeness (QED) is 0.637. The summed E-state index contributed by atoms with van der Waals surface area (Å²) in [5, 5.41) is 16.9. The summed E-state index contributed by atoms with van der Waals surface area (Å²) < 4.78 is 0. The van der Waals surface area contributed by atoms with Crippen LogP contribution < -0.4 is 10.6 Å². The Morgan fingerprint density at radius 3 is 2.45 bits per heavy atom. The highest BCUT2D eigenvalue weighted by Gasteiger charge is 2.08. The minimum atomic E-state index is -0.488. The summed E-state index contributed by atoms with van der Waals surface area (Å²) >= 11 is 11.8. The molecule has 0 aliphatic rings. The number of hydrogen-bond acceptors (Lipinski definition) is 4. The first-order valence-corrected chi connectivity index (χ1v) is 6.94. The van der Waals surface area contributed by atoms with Gasteiger partial charge in [-0.1, -0.05) is 23.2 Å². The molecule has 1 amide bonds. The fraction of sp³-hybridized carbons (Fsp3) is 0.0714. The van der Waals surface area contributed by atoms with Gasteiger partial charge in [-0.2, -0.15) is 0 Å². The molecule has 0 aliphatic heterocycles. The Kier molecular flexibility index (Phi) is 5.19. The predicted octanol–water partition coefficient (Wildman–Crippen LogP) is 3.95. The van der Waals surface area contributed by atoms with Crippen LogP contribution in [0.1, 0.15) is 0 Å². The fourth-order valence-corrected chi connectivity index (χ4v) is 2.01. The normalized spacial score (nSPS) is 10.1. The van der Waals surface area contributed by atoms with Gasteiger partial charge in [0.15, 0.2) is 0 Å². The number of hydrogen-bond donors (Lipinski definition) is 2. The fourth-order valence-electron chi connectivity index (χ4n) is 1.67. The predicted molar refractivity (Wildman–Crippen MR) is 86.7 cm³/mol. The van der Waals surface area contributed by atoms with Crippen LogP contribution in [0.15, 0.2) is 42.5 Å². The number of anilines is 2. The molecule has 0 unspecified atom stereocenters. The summed E-state index contributed by atoms with van der Waals surface area (Å²) in [6, 6.07) is 10.5. The van der Waals surface area contributed by atoms with Crippen LogP contribution in [0.2, 0.25) is 10.0 Å². The van der Waals surface area contributed by atoms with Crippen molar-refractivity contribution in [3.8, 4) is 0 Å². The number of nitro groups is 1. The van der Waals surface area contributed by atoms with Gasteiger partial charge in [-0.25, -0.2) is 0 Å². The highest BCUT2D eigenvalue weighted by molar-refractivity contribution is 6.35. The third kappa shape index (κ3) is 4.34. The summed E-state index contributed by atoms with van der Waals surface area (Å²) in [7, 11) is 0. The van der Waals surface area contributed by atoms with Crippen molar-refractivity contribution in [3.05, 3.63) is 62.6 Å². The largest absolute Gasteiger partial charge is 0.376 e. The molecule has 0 radical (unpaired) electrons. The molecule has 2 N–H and O–H groups in total. The van der Waals surface area contributed by atoms with Gasteiger partial charge < -0.3 is 10.6 Å². The van der Waals surface area contributed by atoms with Crippen molar-refractivity contribution < 1.29 is 9.72 Å². The summed E-state index contributed by atoms with van der Waals surface area (Å²) in [5.74, 6) is -0.317. The second-order valence-electron chi connectivity index (χ2n) is 4.33. The molecule has 114 valence electrons. The maximum absolute atomic E-state index is 11.8. The Bertz CT molecular complexity index is 705. The molecule has 2 aromatic carbocycles. The first-order valence-electron chi connectivity index (χ1n) is 6.19. The number of nitrogens with zero attached hydrogens (tertiary/aromatic N) is 1. The third-order valence-corrected chi connectivity index (χ3v) is 3.30. The van der Waals surface area contributed by atoms with Gasteiger partial charge in [0, 0.05) is 22.8 Å². The highest BCUT2D eigenvalue weighted by atomic mass is 35.5. The zero-order chi connectivity index (χ0) is 16.1. The van der Waals surface area contributed by atoms with E-state index in [1.54, 1.807) is 18.2 Å². The van der Waals surface area contributed by atoms with Crippen LogP contribution in [0.4, 0.5) is 17.1 Å². The smallest absolute Gasteiger partial charge is 0.269 e. The molecule has 22 heavy (non-hydrogen) atoms. The third-order valence-electron chi connectivity index (χ3n) is 2.73. The first kappa shape index (κ1) is 16.1. The standard InChI is InChI=1S/C14H11Cl2N3O3/c15-9-1-6-12(16)13(7-9)18-14(20)8-17-10-2-4-11(5-3-10)19(21)22/h1-7,17H,8H2,(H,18,20). The number of nitro benzene ring substituents is 1. The van der Waals surface area contributed by atoms with Gasteiger partial charge in [0.1, 0.15) is 0 Å². The van der Waals surface area contributed by atoms with E-state index in [1.165, 1.54) is 24.3 Å². The molecule has 6 nitrogen and oxygen atoms in total. The Balaban J connectivity index is 1.92. The average molecular weight is 340 g/mol. The molecule has 0 atom stereocenters. The van der Waals surface area contributed by atoms with E-state index in [2.05, 4.69) is 10.6 Å². The monoisotopic (exact) mass is 339 g/mol. The van der Waals surface area contributed by atoms with E-state index in [0.29, 0.717) is 21.4 Å². The van der Waals surface area contributed by atoms with Crippen LogP contribution in [0.25, 0.3) is 0 Å². The van der Waals surface area contributed by atoms with Crippen molar-refractivity contribution >= 4 is 46.2 Å². The van der Waals surface area contributed by atoms with E-state index in [0.717, 1.165) is 0 Å². The molecule has 0 bridgehead atoms. The average Bonchev–Trinajstić information content (AvgIpc) is 2.49. The van der Waals surface area contributed by atoms with Crippen LogP contribution in [0, 0.1) is 10.1 Å². The summed E-state index contributed by atoms with van der Waals surface area (Å²) in [5.41, 5.74) is 1.00. The van der Waals surface area contributed by atoms with Crippen molar-refractivity contribution in [2.24, 2.45) is 0 Å². The zero-order valence-corrected chi connectivity index (χ0v) is 12.7. The van der Waals surface area contributed by atoms with Gasteiger partial charge in [-0.15, -0.1) is 0 Å². The lowest BCUT2D eigenvalue weighted by Crippen LogP contribution is -2.21. The van der Waals surface area contributed by atoms with Crippen molar-refractivity contribution in [2.75, 3.05) is 17.2 Å². The number of carbonyl (C=O) groups is 1. The molecule has 0 heterocycles. The number of amides is 1. The lowest BCUT2D eigenvalue weighted by Gasteiger charge is -2.09. The van der Waals surface area contributed by atoms with Gasteiger partial charge >= 0.3 is 0 Å². The second kappa shape index (κ2) is 7.11. The number of halogens is 2. The Hall–Kier alpha value is -2.31. The van der Waals surface area contributed by atoms with E-state index >= 15 is 0 Å². The van der Waals surface area contributed by atoms with Crippen LogP contribution in [0.5, 0.6) is 0 Å². The zero-order valence-electron chi connectivity index (χ0n) is 11.2. The number of non-ortho nitro benzene ring substituents is 1. The molecule has 0 saturated heterocycles. The van der Waals surface area contributed by atoms with Gasteiger partial charge in [0.2, 0.25) is 5.91 Å². The lowest BCUT2D eigenvalue weighted by molar-refractivity contribution is -0.384. The SMILES string of the molecule is O=C(CNc1ccc([N+](=O)[O-])cc1)Nc1cc(Cl)ccc1Cl. The van der Waals surface area contributed by atoms with Crippen molar-refractivity contribution in [2.45, 2.75) is 0 Å². The van der Waals surface area contributed by atoms with Gasteiger partial charge in [-0.3, -0.25) is 14.9 Å². The molecular formula is C14H11Cl2N3O3. The highest BCUT2D eigenvalue weighted by Crippen LogP contribution is 2.25.